The largest absolute Gasteiger partial charge is 0.481 e. The number of nitrogens with zero attached hydrogens (tertiary/aromatic N) is 1. The number of carboxylic acids is 1. The van der Waals surface area contributed by atoms with E-state index in [0.29, 0.717) is 26.2 Å². The lowest BCUT2D eigenvalue weighted by Gasteiger charge is -2.34. The smallest absolute Gasteiger partial charge is 0.311 e. The van der Waals surface area contributed by atoms with Crippen molar-refractivity contribution in [2.24, 2.45) is 11.3 Å². The number of fused-ring (bicyclic) bond motifs is 1. The first-order chi connectivity index (χ1) is 10.7. The van der Waals surface area contributed by atoms with E-state index < -0.39 is 11.4 Å². The van der Waals surface area contributed by atoms with Crippen LogP contribution in [0.25, 0.3) is 0 Å². The Morgan fingerprint density at radius 1 is 1.32 bits per heavy atom. The van der Waals surface area contributed by atoms with Gasteiger partial charge in [-0.05, 0) is 37.8 Å². The zero-order valence-corrected chi connectivity index (χ0v) is 13.0. The molecule has 0 spiro atoms. The van der Waals surface area contributed by atoms with Crippen molar-refractivity contribution >= 4 is 5.97 Å². The Balaban J connectivity index is 1.47. The molecule has 3 rings (SSSR count). The number of carboxylic acid groups (broad SMARTS) is 1. The minimum absolute atomic E-state index is 0.160. The molecule has 0 radical (unpaired) electrons. The number of aliphatic carboxylic acids is 1. The second kappa shape index (κ2) is 6.80. The Hall–Kier alpha value is -1.39. The van der Waals surface area contributed by atoms with E-state index in [1.807, 2.05) is 6.07 Å². The molecule has 2 fully saturated rings. The minimum Gasteiger partial charge on any atom is -0.481 e. The number of benzene rings is 1. The van der Waals surface area contributed by atoms with Crippen LogP contribution in [0.3, 0.4) is 0 Å². The standard InChI is InChI=1S/C18H25NO3/c20-17(21)18-9-11-22-13-16(18)12-19(14-18)10-5-4-8-15-6-2-1-3-7-15/h1-3,6-7,16H,4-5,8-14H2,(H,20,21)/t16-,18+/m1/s1. The van der Waals surface area contributed by atoms with Crippen molar-refractivity contribution in [1.29, 1.82) is 0 Å². The molecular formula is C18H25NO3. The summed E-state index contributed by atoms with van der Waals surface area (Å²) >= 11 is 0. The molecule has 0 aliphatic carbocycles. The highest BCUT2D eigenvalue weighted by molar-refractivity contribution is 5.76. The topological polar surface area (TPSA) is 49.8 Å². The van der Waals surface area contributed by atoms with E-state index in [-0.39, 0.29) is 5.92 Å². The molecule has 0 saturated carbocycles. The molecule has 2 saturated heterocycles. The summed E-state index contributed by atoms with van der Waals surface area (Å²) in [5.74, 6) is -0.472. The van der Waals surface area contributed by atoms with Crippen molar-refractivity contribution < 1.29 is 14.6 Å². The van der Waals surface area contributed by atoms with Crippen LogP contribution in [0.1, 0.15) is 24.8 Å². The lowest BCUT2D eigenvalue weighted by Crippen LogP contribution is -2.44. The molecule has 2 aliphatic heterocycles. The molecular weight excluding hydrogens is 278 g/mol. The van der Waals surface area contributed by atoms with Gasteiger partial charge in [0.2, 0.25) is 0 Å². The molecule has 1 aromatic carbocycles. The van der Waals surface area contributed by atoms with E-state index in [9.17, 15) is 9.90 Å². The summed E-state index contributed by atoms with van der Waals surface area (Å²) in [5.41, 5.74) is 0.825. The van der Waals surface area contributed by atoms with Crippen molar-refractivity contribution in [3.8, 4) is 0 Å². The Labute approximate surface area is 132 Å². The van der Waals surface area contributed by atoms with Crippen LogP contribution in [-0.4, -0.2) is 48.8 Å². The normalized spacial score (nSPS) is 28.5. The summed E-state index contributed by atoms with van der Waals surface area (Å²) in [5, 5.41) is 9.65. The summed E-state index contributed by atoms with van der Waals surface area (Å²) in [6, 6.07) is 10.5. The zero-order valence-electron chi connectivity index (χ0n) is 13.0. The van der Waals surface area contributed by atoms with Crippen molar-refractivity contribution in [3.63, 3.8) is 0 Å². The first-order valence-corrected chi connectivity index (χ1v) is 8.28. The molecule has 22 heavy (non-hydrogen) atoms. The van der Waals surface area contributed by atoms with Crippen LogP contribution in [0.4, 0.5) is 0 Å². The second-order valence-electron chi connectivity index (χ2n) is 6.66. The third-order valence-corrected chi connectivity index (χ3v) is 5.24. The highest BCUT2D eigenvalue weighted by Gasteiger charge is 2.53. The lowest BCUT2D eigenvalue weighted by atomic mass is 9.74. The maximum Gasteiger partial charge on any atom is 0.311 e. The molecule has 1 aromatic rings. The van der Waals surface area contributed by atoms with Gasteiger partial charge >= 0.3 is 5.97 Å². The number of unbranched alkanes of at least 4 members (excludes halogenated alkanes) is 1. The van der Waals surface area contributed by atoms with Crippen LogP contribution in [0.5, 0.6) is 0 Å². The fraction of sp³-hybridized carbons (Fsp3) is 0.611. The van der Waals surface area contributed by atoms with E-state index in [0.717, 1.165) is 32.4 Å². The molecule has 1 N–H and O–H groups in total. The van der Waals surface area contributed by atoms with Crippen molar-refractivity contribution in [2.75, 3.05) is 32.8 Å². The number of likely N-dealkylation sites (tertiary alicyclic amines) is 1. The van der Waals surface area contributed by atoms with E-state index in [4.69, 9.17) is 4.74 Å². The quantitative estimate of drug-likeness (QED) is 0.820. The Morgan fingerprint density at radius 3 is 2.86 bits per heavy atom. The number of aryl methyl sites for hydroxylation is 1. The highest BCUT2D eigenvalue weighted by Crippen LogP contribution is 2.42. The van der Waals surface area contributed by atoms with Gasteiger partial charge in [0.15, 0.2) is 0 Å². The average Bonchev–Trinajstić information content (AvgIpc) is 2.92. The van der Waals surface area contributed by atoms with Crippen molar-refractivity contribution in [3.05, 3.63) is 35.9 Å². The summed E-state index contributed by atoms with van der Waals surface area (Å²) in [7, 11) is 0. The van der Waals surface area contributed by atoms with Gasteiger partial charge in [-0.25, -0.2) is 0 Å². The minimum atomic E-state index is -0.632. The number of hydrogen-bond acceptors (Lipinski definition) is 3. The van der Waals surface area contributed by atoms with Crippen LogP contribution >= 0.6 is 0 Å². The van der Waals surface area contributed by atoms with Gasteiger partial charge in [0.1, 0.15) is 0 Å². The van der Waals surface area contributed by atoms with Crippen LogP contribution < -0.4 is 0 Å². The first-order valence-electron chi connectivity index (χ1n) is 8.28. The molecule has 120 valence electrons. The first kappa shape index (κ1) is 15.5. The fourth-order valence-corrected chi connectivity index (χ4v) is 3.88. The van der Waals surface area contributed by atoms with Gasteiger partial charge < -0.3 is 14.7 Å². The fourth-order valence-electron chi connectivity index (χ4n) is 3.88. The van der Waals surface area contributed by atoms with E-state index in [1.165, 1.54) is 5.56 Å². The SMILES string of the molecule is O=C(O)[C@]12CCOC[C@H]1CN(CCCCc1ccccc1)C2. The van der Waals surface area contributed by atoms with Gasteiger partial charge in [-0.15, -0.1) is 0 Å². The number of ether oxygens (including phenoxy) is 1. The van der Waals surface area contributed by atoms with Crippen molar-refractivity contribution in [2.45, 2.75) is 25.7 Å². The molecule has 4 heteroatoms. The molecule has 4 nitrogen and oxygen atoms in total. The highest BCUT2D eigenvalue weighted by atomic mass is 16.5. The van der Waals surface area contributed by atoms with Crippen molar-refractivity contribution in [1.82, 2.24) is 4.90 Å². The maximum atomic E-state index is 11.7. The molecule has 2 heterocycles. The van der Waals surface area contributed by atoms with Crippen LogP contribution in [0.2, 0.25) is 0 Å². The molecule has 0 unspecified atom stereocenters. The summed E-state index contributed by atoms with van der Waals surface area (Å²) in [4.78, 5) is 14.1. The van der Waals surface area contributed by atoms with Gasteiger partial charge in [0, 0.05) is 25.6 Å². The van der Waals surface area contributed by atoms with Gasteiger partial charge in [0.25, 0.3) is 0 Å². The van der Waals surface area contributed by atoms with E-state index >= 15 is 0 Å². The van der Waals surface area contributed by atoms with Crippen LogP contribution in [0, 0.1) is 11.3 Å². The lowest BCUT2D eigenvalue weighted by molar-refractivity contribution is -0.157. The third kappa shape index (κ3) is 3.18. The third-order valence-electron chi connectivity index (χ3n) is 5.24. The molecule has 0 aromatic heterocycles. The second-order valence-corrected chi connectivity index (χ2v) is 6.66. The van der Waals surface area contributed by atoms with Gasteiger partial charge in [0.05, 0.1) is 12.0 Å². The molecule has 2 aliphatic rings. The van der Waals surface area contributed by atoms with Gasteiger partial charge in [-0.2, -0.15) is 0 Å². The zero-order chi connectivity index (χ0) is 15.4. The summed E-state index contributed by atoms with van der Waals surface area (Å²) in [6.07, 6.45) is 4.04. The monoisotopic (exact) mass is 303 g/mol. The predicted octanol–water partition coefficient (Wildman–Crippen LogP) is 2.43. The number of carbonyl (C=O) groups is 1. The van der Waals surface area contributed by atoms with E-state index in [1.54, 1.807) is 0 Å². The Kier molecular flexibility index (Phi) is 4.79. The Bertz CT molecular complexity index is 504. The van der Waals surface area contributed by atoms with Gasteiger partial charge in [-0.1, -0.05) is 30.3 Å². The molecule has 0 bridgehead atoms. The maximum absolute atomic E-state index is 11.7. The number of rotatable bonds is 6. The summed E-state index contributed by atoms with van der Waals surface area (Å²) < 4.78 is 5.50. The average molecular weight is 303 g/mol. The van der Waals surface area contributed by atoms with Gasteiger partial charge in [-0.3, -0.25) is 4.79 Å². The van der Waals surface area contributed by atoms with E-state index in [2.05, 4.69) is 29.2 Å². The Morgan fingerprint density at radius 2 is 2.14 bits per heavy atom. The predicted molar refractivity (Wildman–Crippen MR) is 84.8 cm³/mol. The number of hydrogen-bond donors (Lipinski definition) is 1. The molecule has 2 atom stereocenters. The van der Waals surface area contributed by atoms with Crippen LogP contribution in [0.15, 0.2) is 30.3 Å². The molecule has 0 amide bonds. The van der Waals surface area contributed by atoms with Crippen LogP contribution in [-0.2, 0) is 16.0 Å². The summed E-state index contributed by atoms with van der Waals surface area (Å²) in [6.45, 7) is 3.76.